The van der Waals surface area contributed by atoms with Crippen LogP contribution in [0, 0.1) is 12.7 Å². The van der Waals surface area contributed by atoms with E-state index in [-0.39, 0.29) is 24.0 Å². The molecule has 1 saturated carbocycles. The molecule has 0 amide bonds. The Morgan fingerprint density at radius 2 is 2.06 bits per heavy atom. The van der Waals surface area contributed by atoms with Crippen LogP contribution in [0.3, 0.4) is 0 Å². The predicted octanol–water partition coefficient (Wildman–Crippen LogP) is 3.51. The molecule has 2 aromatic heterocycles. The van der Waals surface area contributed by atoms with E-state index in [0.717, 1.165) is 44.9 Å². The molecule has 32 heavy (non-hydrogen) atoms. The van der Waals surface area contributed by atoms with Crippen molar-refractivity contribution in [3.8, 4) is 5.75 Å². The Morgan fingerprint density at radius 1 is 1.31 bits per heavy atom. The highest BCUT2D eigenvalue weighted by Crippen LogP contribution is 2.28. The third-order valence-corrected chi connectivity index (χ3v) is 5.58. The Hall–Kier alpha value is -2.88. The fourth-order valence-corrected chi connectivity index (χ4v) is 3.70. The molecule has 3 rings (SSSR count). The summed E-state index contributed by atoms with van der Waals surface area (Å²) in [5.41, 5.74) is 7.47. The molecule has 176 valence electrons. The van der Waals surface area contributed by atoms with Gasteiger partial charge < -0.3 is 25.3 Å². The summed E-state index contributed by atoms with van der Waals surface area (Å²) >= 11 is 0. The number of nitrogens with zero attached hydrogens (tertiary/aromatic N) is 4. The normalized spacial score (nSPS) is 15.4. The van der Waals surface area contributed by atoms with E-state index >= 15 is 0 Å². The Kier molecular flexibility index (Phi) is 8.26. The molecule has 2 heterocycles. The zero-order chi connectivity index (χ0) is 23.1. The van der Waals surface area contributed by atoms with Crippen molar-refractivity contribution in [2.75, 3.05) is 18.9 Å². The third-order valence-electron chi connectivity index (χ3n) is 5.58. The van der Waals surface area contributed by atoms with Gasteiger partial charge in [0.2, 0.25) is 5.89 Å². The SMILES string of the molecule is CCCCc1nc(NC/C(=C(/N)c2nc(C)c(OC3CCCCC3)cc2F)N(C)N)no1. The molecule has 0 radical (unpaired) electrons. The van der Waals surface area contributed by atoms with Crippen LogP contribution in [0.2, 0.25) is 0 Å². The lowest BCUT2D eigenvalue weighted by molar-refractivity contribution is 0.152. The van der Waals surface area contributed by atoms with Crippen LogP contribution in [-0.4, -0.2) is 39.8 Å². The average Bonchev–Trinajstić information content (AvgIpc) is 3.22. The highest BCUT2D eigenvalue weighted by molar-refractivity contribution is 5.64. The Bertz CT molecular complexity index is 923. The van der Waals surface area contributed by atoms with Crippen LogP contribution in [0.15, 0.2) is 16.3 Å². The Morgan fingerprint density at radius 3 is 2.75 bits per heavy atom. The molecule has 9 nitrogen and oxygen atoms in total. The van der Waals surface area contributed by atoms with Crippen LogP contribution >= 0.6 is 0 Å². The van der Waals surface area contributed by atoms with E-state index in [1.54, 1.807) is 14.0 Å². The van der Waals surface area contributed by atoms with Gasteiger partial charge in [0.1, 0.15) is 11.4 Å². The van der Waals surface area contributed by atoms with Gasteiger partial charge >= 0.3 is 0 Å². The number of aryl methyl sites for hydroxylation is 2. The van der Waals surface area contributed by atoms with E-state index in [1.807, 2.05) is 0 Å². The van der Waals surface area contributed by atoms with E-state index in [1.165, 1.54) is 17.5 Å². The first-order valence-corrected chi connectivity index (χ1v) is 11.3. The first-order chi connectivity index (χ1) is 15.4. The predicted molar refractivity (Wildman–Crippen MR) is 121 cm³/mol. The van der Waals surface area contributed by atoms with Crippen molar-refractivity contribution in [3.05, 3.63) is 34.9 Å². The quantitative estimate of drug-likeness (QED) is 0.370. The summed E-state index contributed by atoms with van der Waals surface area (Å²) in [6, 6.07) is 1.36. The van der Waals surface area contributed by atoms with E-state index < -0.39 is 5.82 Å². The van der Waals surface area contributed by atoms with Crippen LogP contribution in [0.5, 0.6) is 5.75 Å². The van der Waals surface area contributed by atoms with Crippen LogP contribution < -0.4 is 21.6 Å². The summed E-state index contributed by atoms with van der Waals surface area (Å²) < 4.78 is 26.2. The summed E-state index contributed by atoms with van der Waals surface area (Å²) in [5.74, 6) is 6.75. The molecule has 1 aliphatic rings. The molecule has 2 aromatic rings. The fraction of sp³-hybridized carbons (Fsp3) is 0.591. The van der Waals surface area contributed by atoms with Gasteiger partial charge in [-0.25, -0.2) is 15.2 Å². The maximum absolute atomic E-state index is 15.0. The minimum Gasteiger partial charge on any atom is -0.488 e. The molecule has 0 saturated heterocycles. The molecular formula is C22H34FN7O2. The smallest absolute Gasteiger partial charge is 0.263 e. The number of rotatable bonds is 10. The molecular weight excluding hydrogens is 413 g/mol. The molecule has 0 aliphatic heterocycles. The third kappa shape index (κ3) is 6.09. The number of pyridine rings is 1. The van der Waals surface area contributed by atoms with Gasteiger partial charge in [-0.05, 0) is 44.2 Å². The van der Waals surface area contributed by atoms with Crippen molar-refractivity contribution in [2.24, 2.45) is 11.6 Å². The van der Waals surface area contributed by atoms with Gasteiger partial charge in [-0.2, -0.15) is 4.98 Å². The second kappa shape index (κ2) is 11.1. The molecule has 5 N–H and O–H groups in total. The first-order valence-electron chi connectivity index (χ1n) is 11.3. The maximum Gasteiger partial charge on any atom is 0.263 e. The van der Waals surface area contributed by atoms with Crippen molar-refractivity contribution in [3.63, 3.8) is 0 Å². The van der Waals surface area contributed by atoms with Gasteiger partial charge in [0.15, 0.2) is 5.82 Å². The topological polar surface area (TPSA) is 128 Å². The second-order valence-corrected chi connectivity index (χ2v) is 8.22. The molecule has 0 unspecified atom stereocenters. The molecule has 0 atom stereocenters. The number of anilines is 1. The summed E-state index contributed by atoms with van der Waals surface area (Å²) in [6.07, 6.45) is 8.28. The number of ether oxygens (including phenoxy) is 1. The molecule has 0 bridgehead atoms. The molecule has 1 fully saturated rings. The highest BCUT2D eigenvalue weighted by atomic mass is 19.1. The van der Waals surface area contributed by atoms with Gasteiger partial charge in [0.05, 0.1) is 29.7 Å². The van der Waals surface area contributed by atoms with Crippen molar-refractivity contribution in [2.45, 2.75) is 71.3 Å². The van der Waals surface area contributed by atoms with E-state index in [2.05, 4.69) is 27.4 Å². The lowest BCUT2D eigenvalue weighted by Crippen LogP contribution is -2.32. The maximum atomic E-state index is 15.0. The van der Waals surface area contributed by atoms with Gasteiger partial charge in [0, 0.05) is 19.5 Å². The second-order valence-electron chi connectivity index (χ2n) is 8.22. The lowest BCUT2D eigenvalue weighted by Gasteiger charge is -2.24. The molecule has 1 aliphatic carbocycles. The number of nitrogens with one attached hydrogen (secondary N) is 1. The Labute approximate surface area is 188 Å². The van der Waals surface area contributed by atoms with E-state index in [0.29, 0.717) is 29.0 Å². The number of likely N-dealkylation sites (N-methyl/N-ethyl adjacent to an activating group) is 1. The van der Waals surface area contributed by atoms with E-state index in [4.69, 9.17) is 20.8 Å². The van der Waals surface area contributed by atoms with Gasteiger partial charge in [-0.3, -0.25) is 0 Å². The summed E-state index contributed by atoms with van der Waals surface area (Å²) in [4.78, 5) is 8.68. The van der Waals surface area contributed by atoms with Crippen LogP contribution in [0.1, 0.15) is 69.1 Å². The summed E-state index contributed by atoms with van der Waals surface area (Å²) in [7, 11) is 1.62. The average molecular weight is 448 g/mol. The van der Waals surface area contributed by atoms with Crippen molar-refractivity contribution in [1.82, 2.24) is 20.1 Å². The Balaban J connectivity index is 1.76. The summed E-state index contributed by atoms with van der Waals surface area (Å²) in [6.45, 7) is 4.05. The lowest BCUT2D eigenvalue weighted by atomic mass is 9.98. The highest BCUT2D eigenvalue weighted by Gasteiger charge is 2.21. The van der Waals surface area contributed by atoms with Crippen molar-refractivity contribution in [1.29, 1.82) is 0 Å². The fourth-order valence-electron chi connectivity index (χ4n) is 3.70. The summed E-state index contributed by atoms with van der Waals surface area (Å²) in [5, 5.41) is 8.25. The first kappa shape index (κ1) is 23.8. The number of aromatic nitrogens is 3. The van der Waals surface area contributed by atoms with Crippen molar-refractivity contribution >= 4 is 11.6 Å². The minimum atomic E-state index is -0.556. The molecule has 0 aromatic carbocycles. The number of hydrazine groups is 1. The number of hydrogen-bond donors (Lipinski definition) is 3. The monoisotopic (exact) mass is 447 g/mol. The van der Waals surface area contributed by atoms with Gasteiger partial charge in [-0.1, -0.05) is 19.8 Å². The number of nitrogens with two attached hydrogens (primary N) is 2. The molecule has 10 heteroatoms. The zero-order valence-electron chi connectivity index (χ0n) is 19.2. The van der Waals surface area contributed by atoms with E-state index in [9.17, 15) is 4.39 Å². The van der Waals surface area contributed by atoms with Crippen LogP contribution in [0.4, 0.5) is 10.3 Å². The standard InChI is InChI=1S/C22H34FN7O2/c1-4-5-11-19-28-22(29-32-19)26-13-17(30(3)25)20(24)21-16(23)12-18(14(2)27-21)31-15-9-7-6-8-10-15/h12,15H,4-11,13,24-25H2,1-3H3,(H,26,29)/b20-17-. The van der Waals surface area contributed by atoms with Crippen molar-refractivity contribution < 1.29 is 13.7 Å². The van der Waals surface area contributed by atoms with Crippen LogP contribution in [-0.2, 0) is 6.42 Å². The largest absolute Gasteiger partial charge is 0.488 e. The number of unbranched alkanes of at least 4 members (excludes halogenated alkanes) is 1. The number of halogens is 1. The van der Waals surface area contributed by atoms with Gasteiger partial charge in [-0.15, -0.1) is 0 Å². The van der Waals surface area contributed by atoms with Gasteiger partial charge in [0.25, 0.3) is 5.95 Å². The van der Waals surface area contributed by atoms with Crippen LogP contribution in [0.25, 0.3) is 5.70 Å². The number of hydrogen-bond acceptors (Lipinski definition) is 9. The zero-order valence-corrected chi connectivity index (χ0v) is 19.2. The molecule has 0 spiro atoms. The minimum absolute atomic E-state index is 0.0318.